The van der Waals surface area contributed by atoms with E-state index in [4.69, 9.17) is 23.2 Å². The van der Waals surface area contributed by atoms with E-state index in [9.17, 15) is 18.0 Å². The van der Waals surface area contributed by atoms with Gasteiger partial charge in [0, 0.05) is 12.6 Å². The van der Waals surface area contributed by atoms with Crippen LogP contribution in [0.25, 0.3) is 5.69 Å². The van der Waals surface area contributed by atoms with Crippen LogP contribution in [-0.4, -0.2) is 27.6 Å². The van der Waals surface area contributed by atoms with Crippen LogP contribution < -0.4 is 5.32 Å². The molecule has 1 aliphatic rings. The number of aromatic nitrogens is 2. The number of nitrogens with zero attached hydrogens (tertiary/aromatic N) is 2. The zero-order valence-corrected chi connectivity index (χ0v) is 16.9. The van der Waals surface area contributed by atoms with Crippen molar-refractivity contribution in [2.45, 2.75) is 24.9 Å². The molecule has 0 aliphatic heterocycles. The van der Waals surface area contributed by atoms with Gasteiger partial charge in [-0.1, -0.05) is 48.9 Å². The van der Waals surface area contributed by atoms with Gasteiger partial charge in [0.1, 0.15) is 5.69 Å². The minimum Gasteiger partial charge on any atom is -0.350 e. The molecule has 2 unspecified atom stereocenters. The van der Waals surface area contributed by atoms with E-state index in [1.54, 1.807) is 12.1 Å². The maximum atomic E-state index is 13.2. The molecule has 2 aromatic rings. The van der Waals surface area contributed by atoms with Gasteiger partial charge in [0.25, 0.3) is 5.91 Å². The molecule has 3 rings (SSSR count). The van der Waals surface area contributed by atoms with E-state index < -0.39 is 17.8 Å². The summed E-state index contributed by atoms with van der Waals surface area (Å²) < 4.78 is 40.5. The molecular weight excluding hydrogens is 426 g/mol. The van der Waals surface area contributed by atoms with Crippen LogP contribution in [0.2, 0.25) is 5.02 Å². The van der Waals surface area contributed by atoms with Gasteiger partial charge in [-0.3, -0.25) is 4.79 Å². The molecule has 1 N–H and O–H groups in total. The van der Waals surface area contributed by atoms with Crippen molar-refractivity contribution >= 4 is 29.1 Å². The summed E-state index contributed by atoms with van der Waals surface area (Å²) >= 11 is 12.1. The smallest absolute Gasteiger partial charge is 0.350 e. The number of allylic oxidation sites excluding steroid dienone is 3. The molecular formula is C20H18Cl2F3N3O. The highest BCUT2D eigenvalue weighted by molar-refractivity contribution is 6.32. The summed E-state index contributed by atoms with van der Waals surface area (Å²) in [5.74, 6) is -0.700. The van der Waals surface area contributed by atoms with Crippen molar-refractivity contribution in [3.63, 3.8) is 0 Å². The summed E-state index contributed by atoms with van der Waals surface area (Å²) in [5, 5.41) is 6.38. The highest BCUT2D eigenvalue weighted by Crippen LogP contribution is 2.31. The standard InChI is InChI=1S/C20H18Cl2F3N3O/c1-12(13-6-8-14(21)9-7-13)11-26-19(29)17-10-18(20(23,24)25)27-28(17)16-5-3-2-4-15(16)22/h2-8,10,12,14H,9,11H2,1H3,(H,26,29). The molecule has 0 bridgehead atoms. The second-order valence-electron chi connectivity index (χ2n) is 6.70. The van der Waals surface area contributed by atoms with Gasteiger partial charge < -0.3 is 5.32 Å². The zero-order chi connectivity index (χ0) is 21.2. The molecule has 1 aliphatic carbocycles. The number of amides is 1. The number of hydrogen-bond acceptors (Lipinski definition) is 2. The van der Waals surface area contributed by atoms with Crippen LogP contribution in [0.15, 0.2) is 54.1 Å². The van der Waals surface area contributed by atoms with Gasteiger partial charge in [0.15, 0.2) is 5.69 Å². The second-order valence-corrected chi connectivity index (χ2v) is 7.67. The third-order valence-corrected chi connectivity index (χ3v) is 5.17. The largest absolute Gasteiger partial charge is 0.435 e. The molecule has 154 valence electrons. The van der Waals surface area contributed by atoms with Crippen molar-refractivity contribution in [1.82, 2.24) is 15.1 Å². The Bertz CT molecular complexity index is 966. The van der Waals surface area contributed by atoms with E-state index in [-0.39, 0.29) is 34.2 Å². The van der Waals surface area contributed by atoms with Crippen LogP contribution in [0.3, 0.4) is 0 Å². The Hall–Kier alpha value is -2.25. The van der Waals surface area contributed by atoms with Crippen LogP contribution in [0.4, 0.5) is 13.2 Å². The first-order chi connectivity index (χ1) is 13.7. The molecule has 1 heterocycles. The molecule has 1 aromatic heterocycles. The molecule has 9 heteroatoms. The third-order valence-electron chi connectivity index (χ3n) is 4.53. The number of benzene rings is 1. The lowest BCUT2D eigenvalue weighted by Gasteiger charge is -2.18. The second kappa shape index (κ2) is 8.63. The number of carbonyl (C=O) groups is 1. The molecule has 4 nitrogen and oxygen atoms in total. The molecule has 0 radical (unpaired) electrons. The first-order valence-electron chi connectivity index (χ1n) is 8.89. The predicted molar refractivity (Wildman–Crippen MR) is 107 cm³/mol. The average Bonchev–Trinajstić information content (AvgIpc) is 3.12. The maximum absolute atomic E-state index is 13.2. The summed E-state index contributed by atoms with van der Waals surface area (Å²) in [5.41, 5.74) is -0.208. The summed E-state index contributed by atoms with van der Waals surface area (Å²) in [6.07, 6.45) is 1.76. The fourth-order valence-electron chi connectivity index (χ4n) is 2.92. The zero-order valence-electron chi connectivity index (χ0n) is 15.4. The van der Waals surface area contributed by atoms with E-state index in [0.717, 1.165) is 16.3 Å². The predicted octanol–water partition coefficient (Wildman–Crippen LogP) is 5.40. The van der Waals surface area contributed by atoms with Gasteiger partial charge in [-0.2, -0.15) is 18.3 Å². The fraction of sp³-hybridized carbons (Fsp3) is 0.300. The quantitative estimate of drug-likeness (QED) is 0.628. The van der Waals surface area contributed by atoms with Gasteiger partial charge in [0.05, 0.1) is 16.1 Å². The molecule has 0 saturated carbocycles. The summed E-state index contributed by atoms with van der Waals surface area (Å²) in [7, 11) is 0. The van der Waals surface area contributed by atoms with E-state index in [0.29, 0.717) is 6.42 Å². The van der Waals surface area contributed by atoms with Crippen LogP contribution in [0.5, 0.6) is 0 Å². The molecule has 0 fully saturated rings. The van der Waals surface area contributed by atoms with Crippen molar-refractivity contribution < 1.29 is 18.0 Å². The lowest BCUT2D eigenvalue weighted by molar-refractivity contribution is -0.141. The van der Waals surface area contributed by atoms with Crippen molar-refractivity contribution in [2.75, 3.05) is 6.54 Å². The molecule has 2 atom stereocenters. The van der Waals surface area contributed by atoms with Crippen LogP contribution in [-0.2, 0) is 6.18 Å². The lowest BCUT2D eigenvalue weighted by Crippen LogP contribution is -2.30. The Morgan fingerprint density at radius 2 is 2.10 bits per heavy atom. The summed E-state index contributed by atoms with van der Waals surface area (Å²) in [6.45, 7) is 2.16. The van der Waals surface area contributed by atoms with Crippen LogP contribution >= 0.6 is 23.2 Å². The van der Waals surface area contributed by atoms with E-state index in [1.807, 2.05) is 25.2 Å². The first-order valence-corrected chi connectivity index (χ1v) is 9.71. The molecule has 1 aromatic carbocycles. The topological polar surface area (TPSA) is 46.9 Å². The minimum atomic E-state index is -4.69. The molecule has 0 saturated heterocycles. The van der Waals surface area contributed by atoms with Crippen molar-refractivity contribution in [2.24, 2.45) is 5.92 Å². The van der Waals surface area contributed by atoms with Crippen molar-refractivity contribution in [3.8, 4) is 5.69 Å². The van der Waals surface area contributed by atoms with Gasteiger partial charge in [-0.15, -0.1) is 11.6 Å². The number of nitrogens with one attached hydrogen (secondary N) is 1. The third kappa shape index (κ3) is 5.03. The molecule has 29 heavy (non-hydrogen) atoms. The molecule has 0 spiro atoms. The van der Waals surface area contributed by atoms with Gasteiger partial charge in [-0.05, 0) is 30.0 Å². The van der Waals surface area contributed by atoms with Gasteiger partial charge >= 0.3 is 6.18 Å². The Kier molecular flexibility index (Phi) is 6.39. The highest BCUT2D eigenvalue weighted by Gasteiger charge is 2.36. The van der Waals surface area contributed by atoms with E-state index in [2.05, 4.69) is 10.4 Å². The van der Waals surface area contributed by atoms with E-state index in [1.165, 1.54) is 12.1 Å². The normalized spacial score (nSPS) is 17.7. The average molecular weight is 444 g/mol. The highest BCUT2D eigenvalue weighted by atomic mass is 35.5. The lowest BCUT2D eigenvalue weighted by atomic mass is 9.95. The Balaban J connectivity index is 1.83. The summed E-state index contributed by atoms with van der Waals surface area (Å²) in [4.78, 5) is 12.7. The Labute approximate surface area is 176 Å². The SMILES string of the molecule is CC(CNC(=O)c1cc(C(F)(F)F)nn1-c1ccccc1Cl)C1=CCC(Cl)C=C1. The van der Waals surface area contributed by atoms with Gasteiger partial charge in [-0.25, -0.2) is 4.68 Å². The number of carbonyl (C=O) groups excluding carboxylic acids is 1. The van der Waals surface area contributed by atoms with Gasteiger partial charge in [0.2, 0.25) is 0 Å². The minimum absolute atomic E-state index is 0.0295. The Morgan fingerprint density at radius 1 is 1.38 bits per heavy atom. The monoisotopic (exact) mass is 443 g/mol. The fourth-order valence-corrected chi connectivity index (χ4v) is 3.30. The number of halogens is 5. The number of hydrogen-bond donors (Lipinski definition) is 1. The van der Waals surface area contributed by atoms with Crippen LogP contribution in [0, 0.1) is 5.92 Å². The Morgan fingerprint density at radius 3 is 2.72 bits per heavy atom. The van der Waals surface area contributed by atoms with E-state index >= 15 is 0 Å². The summed E-state index contributed by atoms with van der Waals surface area (Å²) in [6, 6.07) is 6.97. The molecule has 1 amide bonds. The maximum Gasteiger partial charge on any atom is 0.435 e. The number of para-hydroxylation sites is 1. The number of rotatable bonds is 5. The van der Waals surface area contributed by atoms with Crippen LogP contribution in [0.1, 0.15) is 29.5 Å². The van der Waals surface area contributed by atoms with Crippen molar-refractivity contribution in [3.05, 3.63) is 70.5 Å². The first kappa shape index (κ1) is 21.5. The van der Waals surface area contributed by atoms with Crippen molar-refractivity contribution in [1.29, 1.82) is 0 Å². The number of alkyl halides is 4.